The Kier molecular flexibility index (Phi) is 8.86. The van der Waals surface area contributed by atoms with Crippen LogP contribution in [0.15, 0.2) is 77.9 Å². The number of amides is 1. The molecule has 1 amide bonds. The van der Waals surface area contributed by atoms with E-state index < -0.39 is 5.97 Å². The Balaban J connectivity index is 1.53. The molecule has 9 heteroatoms. The highest BCUT2D eigenvalue weighted by Gasteiger charge is 2.14. The number of esters is 1. The van der Waals surface area contributed by atoms with Gasteiger partial charge < -0.3 is 9.47 Å². The van der Waals surface area contributed by atoms with Gasteiger partial charge in [-0.25, -0.2) is 15.2 Å². The number of pyridine rings is 1. The summed E-state index contributed by atoms with van der Waals surface area (Å²) < 4.78 is 12.1. The Bertz CT molecular complexity index is 1420. The number of halogens is 2. The maximum absolute atomic E-state index is 13.1. The van der Waals surface area contributed by atoms with Crippen molar-refractivity contribution in [2.24, 2.45) is 5.10 Å². The number of aromatic nitrogens is 1. The molecule has 0 radical (unpaired) electrons. The molecule has 0 saturated heterocycles. The lowest BCUT2D eigenvalue weighted by atomic mass is 10.0. The highest BCUT2D eigenvalue weighted by molar-refractivity contribution is 14.1. The quantitative estimate of drug-likeness (QED) is 0.108. The van der Waals surface area contributed by atoms with Crippen molar-refractivity contribution >= 4 is 74.2 Å². The minimum Gasteiger partial charge on any atom is -0.480 e. The van der Waals surface area contributed by atoms with Crippen LogP contribution in [-0.2, 0) is 9.53 Å². The highest BCUT2D eigenvalue weighted by Crippen LogP contribution is 2.29. The number of nitrogens with zero attached hydrogens (tertiary/aromatic N) is 2. The molecule has 0 spiro atoms. The van der Waals surface area contributed by atoms with Gasteiger partial charge in [-0.3, -0.25) is 4.79 Å². The molecule has 0 saturated carbocycles. The molecule has 0 aliphatic heterocycles. The molecule has 4 rings (SSSR count). The smallest absolute Gasteiger partial charge is 0.344 e. The zero-order valence-electron chi connectivity index (χ0n) is 19.2. The molecule has 4 aromatic rings. The van der Waals surface area contributed by atoms with E-state index >= 15 is 0 Å². The molecule has 0 aliphatic rings. The summed E-state index contributed by atoms with van der Waals surface area (Å²) in [6.45, 7) is 1.90. The molecule has 36 heavy (non-hydrogen) atoms. The van der Waals surface area contributed by atoms with Crippen LogP contribution in [0.4, 0.5) is 0 Å². The Morgan fingerprint density at radius 3 is 2.42 bits per heavy atom. The summed E-state index contributed by atoms with van der Waals surface area (Å²) in [6.07, 6.45) is 1.57. The van der Waals surface area contributed by atoms with Crippen molar-refractivity contribution in [3.8, 4) is 17.0 Å². The van der Waals surface area contributed by atoms with Crippen LogP contribution in [0, 0.1) is 7.14 Å². The van der Waals surface area contributed by atoms with Gasteiger partial charge in [-0.1, -0.05) is 48.5 Å². The summed E-state index contributed by atoms with van der Waals surface area (Å²) in [5, 5.41) is 4.92. The minimum atomic E-state index is -0.420. The van der Waals surface area contributed by atoms with E-state index in [0.717, 1.165) is 29.2 Å². The zero-order chi connectivity index (χ0) is 25.5. The van der Waals surface area contributed by atoms with E-state index in [0.29, 0.717) is 23.6 Å². The molecule has 0 atom stereocenters. The van der Waals surface area contributed by atoms with Crippen molar-refractivity contribution in [3.05, 3.63) is 91.1 Å². The number of ether oxygens (including phenoxy) is 2. The van der Waals surface area contributed by atoms with E-state index in [-0.39, 0.29) is 12.5 Å². The van der Waals surface area contributed by atoms with E-state index in [2.05, 4.69) is 55.7 Å². The number of benzene rings is 3. The molecule has 0 fully saturated rings. The molecule has 1 aromatic heterocycles. The first-order chi connectivity index (χ1) is 17.5. The number of nitrogens with one attached hydrogen (secondary N) is 1. The van der Waals surface area contributed by atoms with Crippen molar-refractivity contribution in [1.82, 2.24) is 10.4 Å². The fourth-order valence-electron chi connectivity index (χ4n) is 3.47. The second-order valence-electron chi connectivity index (χ2n) is 7.54. The number of carbonyl (C=O) groups excluding carboxylic acids is 2. The lowest BCUT2D eigenvalue weighted by molar-refractivity contribution is -0.145. The standard InChI is InChI=1S/C27H21I2N3O4/c1-2-35-25(33)16-36-26-21(28)12-17(13-22(26)29)15-30-32-27(34)20-14-24(18-8-4-3-5-9-18)31-23-11-7-6-10-19(20)23/h3-15H,2,16H2,1H3,(H,32,34)/b30-15+. The lowest BCUT2D eigenvalue weighted by Crippen LogP contribution is -2.18. The SMILES string of the molecule is CCOC(=O)COc1c(I)cc(/C=N/NC(=O)c2cc(-c3ccccc3)nc3ccccc23)cc1I. The first-order valence-electron chi connectivity index (χ1n) is 11.0. The molecular weight excluding hydrogens is 684 g/mol. The van der Waals surface area contributed by atoms with Gasteiger partial charge in [-0.15, -0.1) is 0 Å². The lowest BCUT2D eigenvalue weighted by Gasteiger charge is -2.11. The van der Waals surface area contributed by atoms with E-state index in [4.69, 9.17) is 14.5 Å². The third-order valence-electron chi connectivity index (χ3n) is 5.07. The molecule has 1 heterocycles. The third-order valence-corrected chi connectivity index (χ3v) is 6.67. The van der Waals surface area contributed by atoms with E-state index in [1.54, 1.807) is 19.2 Å². The summed E-state index contributed by atoms with van der Waals surface area (Å²) in [5.74, 6) is -0.153. The third kappa shape index (κ3) is 6.38. The van der Waals surface area contributed by atoms with E-state index in [1.807, 2.05) is 66.7 Å². The highest BCUT2D eigenvalue weighted by atomic mass is 127. The van der Waals surface area contributed by atoms with Crippen LogP contribution in [0.1, 0.15) is 22.8 Å². The number of carbonyl (C=O) groups is 2. The molecule has 3 aromatic carbocycles. The first kappa shape index (κ1) is 26.0. The van der Waals surface area contributed by atoms with Gasteiger partial charge in [0.1, 0.15) is 5.75 Å². The van der Waals surface area contributed by atoms with E-state index in [9.17, 15) is 9.59 Å². The predicted molar refractivity (Wildman–Crippen MR) is 156 cm³/mol. The van der Waals surface area contributed by atoms with Crippen molar-refractivity contribution in [2.45, 2.75) is 6.92 Å². The molecule has 0 unspecified atom stereocenters. The van der Waals surface area contributed by atoms with Crippen LogP contribution < -0.4 is 10.2 Å². The van der Waals surface area contributed by atoms with Crippen molar-refractivity contribution in [1.29, 1.82) is 0 Å². The Morgan fingerprint density at radius 2 is 1.69 bits per heavy atom. The maximum Gasteiger partial charge on any atom is 0.344 e. The average Bonchev–Trinajstić information content (AvgIpc) is 2.88. The summed E-state index contributed by atoms with van der Waals surface area (Å²) in [7, 11) is 0. The summed E-state index contributed by atoms with van der Waals surface area (Å²) >= 11 is 4.27. The summed E-state index contributed by atoms with van der Waals surface area (Å²) in [5.41, 5.74) is 6.27. The normalized spacial score (nSPS) is 11.0. The number of hydrogen-bond acceptors (Lipinski definition) is 6. The largest absolute Gasteiger partial charge is 0.480 e. The van der Waals surface area contributed by atoms with Crippen LogP contribution in [0.3, 0.4) is 0 Å². The van der Waals surface area contributed by atoms with Gasteiger partial charge >= 0.3 is 5.97 Å². The summed E-state index contributed by atoms with van der Waals surface area (Å²) in [6, 6.07) is 22.8. The second-order valence-corrected chi connectivity index (χ2v) is 9.87. The van der Waals surface area contributed by atoms with Gasteiger partial charge in [0.25, 0.3) is 5.91 Å². The fourth-order valence-corrected chi connectivity index (χ4v) is 5.60. The van der Waals surface area contributed by atoms with Crippen LogP contribution in [0.2, 0.25) is 0 Å². The van der Waals surface area contributed by atoms with Crippen LogP contribution in [0.25, 0.3) is 22.2 Å². The van der Waals surface area contributed by atoms with Crippen molar-refractivity contribution in [3.63, 3.8) is 0 Å². The molecule has 7 nitrogen and oxygen atoms in total. The average molecular weight is 705 g/mol. The van der Waals surface area contributed by atoms with Gasteiger partial charge in [0, 0.05) is 10.9 Å². The number of rotatable bonds is 8. The second kappa shape index (κ2) is 12.3. The van der Waals surface area contributed by atoms with Crippen LogP contribution in [-0.4, -0.2) is 36.3 Å². The van der Waals surface area contributed by atoms with Crippen molar-refractivity contribution in [2.75, 3.05) is 13.2 Å². The van der Waals surface area contributed by atoms with Gasteiger partial charge in [0.05, 0.1) is 36.7 Å². The Morgan fingerprint density at radius 1 is 1.00 bits per heavy atom. The van der Waals surface area contributed by atoms with Crippen LogP contribution >= 0.6 is 45.2 Å². The molecule has 182 valence electrons. The summed E-state index contributed by atoms with van der Waals surface area (Å²) in [4.78, 5) is 29.4. The van der Waals surface area contributed by atoms with Crippen molar-refractivity contribution < 1.29 is 19.1 Å². The minimum absolute atomic E-state index is 0.159. The molecule has 0 bridgehead atoms. The number of hydrazone groups is 1. The van der Waals surface area contributed by atoms with E-state index in [1.165, 1.54) is 0 Å². The van der Waals surface area contributed by atoms with Gasteiger partial charge in [-0.2, -0.15) is 5.10 Å². The van der Waals surface area contributed by atoms with Gasteiger partial charge in [0.15, 0.2) is 6.61 Å². The van der Waals surface area contributed by atoms with Gasteiger partial charge in [-0.05, 0) is 81.9 Å². The number of para-hydroxylation sites is 1. The fraction of sp³-hybridized carbons (Fsp3) is 0.111. The molecular formula is C27H21I2N3O4. The first-order valence-corrected chi connectivity index (χ1v) is 13.2. The predicted octanol–water partition coefficient (Wildman–Crippen LogP) is 5.82. The topological polar surface area (TPSA) is 89.9 Å². The monoisotopic (exact) mass is 705 g/mol. The maximum atomic E-state index is 13.1. The molecule has 1 N–H and O–H groups in total. The zero-order valence-corrected chi connectivity index (χ0v) is 23.5. The van der Waals surface area contributed by atoms with Crippen LogP contribution in [0.5, 0.6) is 5.75 Å². The molecule has 0 aliphatic carbocycles. The number of fused-ring (bicyclic) bond motifs is 1. The van der Waals surface area contributed by atoms with Gasteiger partial charge in [0.2, 0.25) is 0 Å². The Labute approximate surface area is 235 Å². The Hall–Kier alpha value is -3.06. The number of hydrogen-bond donors (Lipinski definition) is 1.